The molecule has 8 nitrogen and oxygen atoms in total. The van der Waals surface area contributed by atoms with Crippen LogP contribution < -0.4 is 24.3 Å². The molecule has 0 spiro atoms. The van der Waals surface area contributed by atoms with Gasteiger partial charge in [-0.05, 0) is 23.3 Å². The van der Waals surface area contributed by atoms with Crippen LogP contribution in [-0.4, -0.2) is 50.6 Å². The van der Waals surface area contributed by atoms with Crippen molar-refractivity contribution in [1.29, 1.82) is 0 Å². The van der Waals surface area contributed by atoms with Gasteiger partial charge in [-0.15, -0.1) is 0 Å². The van der Waals surface area contributed by atoms with Gasteiger partial charge in [0, 0.05) is 25.1 Å². The van der Waals surface area contributed by atoms with Gasteiger partial charge >= 0.3 is 0 Å². The van der Waals surface area contributed by atoms with Crippen molar-refractivity contribution in [2.24, 2.45) is 5.92 Å². The minimum atomic E-state index is -2.05. The Hall–Kier alpha value is -3.75. The van der Waals surface area contributed by atoms with Gasteiger partial charge in [-0.1, -0.05) is 42.5 Å². The molecule has 1 fully saturated rings. The van der Waals surface area contributed by atoms with Crippen LogP contribution >= 0.6 is 0 Å². The van der Waals surface area contributed by atoms with E-state index in [1.54, 1.807) is 43.5 Å². The summed E-state index contributed by atoms with van der Waals surface area (Å²) in [5, 5.41) is 27.2. The molecule has 1 amide bonds. The third-order valence-corrected chi connectivity index (χ3v) is 7.51. The lowest BCUT2D eigenvalue weighted by atomic mass is 9.70. The molecule has 5 atom stereocenters. The number of aliphatic hydroxyl groups is 2. The first kappa shape index (κ1) is 24.0. The van der Waals surface area contributed by atoms with Crippen molar-refractivity contribution in [3.63, 3.8) is 0 Å². The van der Waals surface area contributed by atoms with Crippen molar-refractivity contribution in [2.45, 2.75) is 23.2 Å². The number of fused-ring (bicyclic) bond motifs is 3. The summed E-state index contributed by atoms with van der Waals surface area (Å²) in [4.78, 5) is 13.3. The van der Waals surface area contributed by atoms with Crippen molar-refractivity contribution < 1.29 is 34.0 Å². The van der Waals surface area contributed by atoms with Gasteiger partial charge in [0.2, 0.25) is 5.91 Å². The minimum absolute atomic E-state index is 0.265. The first-order valence-electron chi connectivity index (χ1n) is 11.6. The molecule has 188 valence electrons. The predicted molar refractivity (Wildman–Crippen MR) is 131 cm³/mol. The Morgan fingerprint density at radius 3 is 2.19 bits per heavy atom. The summed E-state index contributed by atoms with van der Waals surface area (Å²) in [6.45, 7) is 0. The zero-order valence-corrected chi connectivity index (χ0v) is 20.5. The molecule has 3 N–H and O–H groups in total. The number of hydrogen-bond donors (Lipinski definition) is 3. The van der Waals surface area contributed by atoms with E-state index in [0.29, 0.717) is 22.8 Å². The highest BCUT2D eigenvalue weighted by Crippen LogP contribution is 2.70. The minimum Gasteiger partial charge on any atom is -0.497 e. The van der Waals surface area contributed by atoms with Crippen LogP contribution in [-0.2, 0) is 16.0 Å². The molecule has 2 aliphatic rings. The van der Waals surface area contributed by atoms with Crippen molar-refractivity contribution in [3.05, 3.63) is 83.4 Å². The van der Waals surface area contributed by atoms with E-state index in [4.69, 9.17) is 18.9 Å². The van der Waals surface area contributed by atoms with Crippen LogP contribution in [0.5, 0.6) is 23.0 Å². The Morgan fingerprint density at radius 2 is 1.61 bits per heavy atom. The van der Waals surface area contributed by atoms with Gasteiger partial charge in [-0.2, -0.15) is 0 Å². The third kappa shape index (κ3) is 3.04. The zero-order chi connectivity index (χ0) is 25.7. The number of ether oxygens (including phenoxy) is 4. The Morgan fingerprint density at radius 1 is 0.944 bits per heavy atom. The molecular weight excluding hydrogens is 462 g/mol. The molecule has 5 rings (SSSR count). The van der Waals surface area contributed by atoms with E-state index >= 15 is 0 Å². The number of hydrogen-bond acceptors (Lipinski definition) is 7. The summed E-state index contributed by atoms with van der Waals surface area (Å²) in [7, 11) is 6.07. The summed E-state index contributed by atoms with van der Waals surface area (Å²) in [5.74, 6) is -0.548. The van der Waals surface area contributed by atoms with E-state index < -0.39 is 35.0 Å². The van der Waals surface area contributed by atoms with E-state index in [1.165, 1.54) is 21.3 Å². The summed E-state index contributed by atoms with van der Waals surface area (Å²) >= 11 is 0. The lowest BCUT2D eigenvalue weighted by molar-refractivity contribution is -0.154. The van der Waals surface area contributed by atoms with E-state index in [9.17, 15) is 15.0 Å². The van der Waals surface area contributed by atoms with Crippen LogP contribution in [0.25, 0.3) is 0 Å². The average Bonchev–Trinajstić information content (AvgIpc) is 3.30. The number of aliphatic hydroxyl groups excluding tert-OH is 1. The van der Waals surface area contributed by atoms with E-state index in [-0.39, 0.29) is 11.3 Å². The average molecular weight is 492 g/mol. The predicted octanol–water partition coefficient (Wildman–Crippen LogP) is 2.71. The second-order valence-corrected chi connectivity index (χ2v) is 9.01. The normalized spacial score (nSPS) is 28.0. The Labute approximate surface area is 209 Å². The van der Waals surface area contributed by atoms with Crippen LogP contribution in [0.4, 0.5) is 0 Å². The number of carbonyl (C=O) groups is 1. The molecule has 1 heterocycles. The number of benzene rings is 3. The smallest absolute Gasteiger partial charge is 0.226 e. The van der Waals surface area contributed by atoms with Crippen LogP contribution in [0.2, 0.25) is 0 Å². The zero-order valence-electron chi connectivity index (χ0n) is 20.5. The second-order valence-electron chi connectivity index (χ2n) is 9.01. The van der Waals surface area contributed by atoms with Gasteiger partial charge in [0.1, 0.15) is 29.1 Å². The lowest BCUT2D eigenvalue weighted by Crippen LogP contribution is -2.52. The molecule has 0 radical (unpaired) electrons. The fourth-order valence-electron chi connectivity index (χ4n) is 5.96. The van der Waals surface area contributed by atoms with Crippen LogP contribution in [0.15, 0.2) is 66.7 Å². The summed E-state index contributed by atoms with van der Waals surface area (Å²) in [5.41, 5.74) is -2.06. The van der Waals surface area contributed by atoms with Gasteiger partial charge < -0.3 is 34.5 Å². The van der Waals surface area contributed by atoms with Crippen LogP contribution in [0, 0.1) is 5.92 Å². The van der Waals surface area contributed by atoms with Crippen molar-refractivity contribution >= 4 is 5.91 Å². The molecule has 36 heavy (non-hydrogen) atoms. The van der Waals surface area contributed by atoms with Crippen molar-refractivity contribution in [3.8, 4) is 23.0 Å². The standard InChI is InChI=1S/C28H29NO7/c1-29-26(31)22-23(16-8-6-5-7-9-16)28(17-10-12-18(33-2)13-11-17)27(32,25(22)30)24-20(35-4)14-19(34-3)15-21(24)36-28/h5-15,22-23,25,30,32H,1-4H3,(H,29,31)/t22-,23+,25-,27-,28-/m0/s1. The maximum Gasteiger partial charge on any atom is 0.226 e. The Balaban J connectivity index is 1.88. The molecule has 3 aromatic rings. The number of rotatable bonds is 6. The number of nitrogens with one attached hydrogen (secondary N) is 1. The maximum atomic E-state index is 13.3. The Bertz CT molecular complexity index is 1280. The number of methoxy groups -OCH3 is 3. The third-order valence-electron chi connectivity index (χ3n) is 7.51. The van der Waals surface area contributed by atoms with Gasteiger partial charge in [0.25, 0.3) is 0 Å². The van der Waals surface area contributed by atoms with Gasteiger partial charge in [-0.25, -0.2) is 0 Å². The molecule has 0 saturated heterocycles. The summed E-state index contributed by atoms with van der Waals surface area (Å²) < 4.78 is 23.2. The van der Waals surface area contributed by atoms with Crippen LogP contribution in [0.3, 0.4) is 0 Å². The van der Waals surface area contributed by atoms with Gasteiger partial charge in [0.05, 0.1) is 32.8 Å². The van der Waals surface area contributed by atoms with Crippen molar-refractivity contribution in [2.75, 3.05) is 28.4 Å². The number of carbonyl (C=O) groups excluding carboxylic acids is 1. The summed E-state index contributed by atoms with van der Waals surface area (Å²) in [6, 6.07) is 19.7. The molecule has 8 heteroatoms. The molecular formula is C28H29NO7. The lowest BCUT2D eigenvalue weighted by Gasteiger charge is -2.40. The fraction of sp³-hybridized carbons (Fsp3) is 0.321. The highest BCUT2D eigenvalue weighted by Gasteiger charge is 2.78. The highest BCUT2D eigenvalue weighted by molar-refractivity contribution is 5.83. The fourth-order valence-corrected chi connectivity index (χ4v) is 5.96. The highest BCUT2D eigenvalue weighted by atomic mass is 16.5. The molecule has 0 unspecified atom stereocenters. The summed E-state index contributed by atoms with van der Waals surface area (Å²) in [6.07, 6.45) is -1.53. The topological polar surface area (TPSA) is 106 Å². The SMILES string of the molecule is CNC(=O)[C@H]1[C@@H](c2ccccc2)[C@]2(c3ccc(OC)cc3)Oc3cc(OC)cc(OC)c3[C@]2(O)[C@H]1O. The second kappa shape index (κ2) is 8.72. The van der Waals surface area contributed by atoms with E-state index in [0.717, 1.165) is 5.56 Å². The van der Waals surface area contributed by atoms with Crippen molar-refractivity contribution in [1.82, 2.24) is 5.32 Å². The quantitative estimate of drug-likeness (QED) is 0.487. The first-order chi connectivity index (χ1) is 17.4. The molecule has 1 saturated carbocycles. The molecule has 1 aliphatic heterocycles. The number of amides is 1. The largest absolute Gasteiger partial charge is 0.497 e. The molecule has 0 bridgehead atoms. The van der Waals surface area contributed by atoms with E-state index in [2.05, 4.69) is 5.32 Å². The first-order valence-corrected chi connectivity index (χ1v) is 11.6. The Kier molecular flexibility index (Phi) is 5.81. The molecule has 1 aliphatic carbocycles. The van der Waals surface area contributed by atoms with E-state index in [1.807, 2.05) is 30.3 Å². The monoisotopic (exact) mass is 491 g/mol. The molecule has 3 aromatic carbocycles. The maximum absolute atomic E-state index is 13.3. The van der Waals surface area contributed by atoms with Gasteiger partial charge in [0.15, 0.2) is 11.2 Å². The molecule has 0 aromatic heterocycles. The van der Waals surface area contributed by atoms with Gasteiger partial charge in [-0.3, -0.25) is 4.79 Å². The van der Waals surface area contributed by atoms with Crippen LogP contribution in [0.1, 0.15) is 22.6 Å².